The second-order valence-electron chi connectivity index (χ2n) is 5.93. The number of carbonyl (C=O) groups is 1. The van der Waals surface area contributed by atoms with E-state index in [1.807, 2.05) is 42.7 Å². The molecule has 0 N–H and O–H groups in total. The summed E-state index contributed by atoms with van der Waals surface area (Å²) < 4.78 is 18.8. The molecule has 2 heterocycles. The lowest BCUT2D eigenvalue weighted by molar-refractivity contribution is -0.144. The first kappa shape index (κ1) is 18.3. The fraction of sp³-hybridized carbons (Fsp3) is 0.389. The minimum absolute atomic E-state index is 0.141. The fourth-order valence-electron chi connectivity index (χ4n) is 2.51. The van der Waals surface area contributed by atoms with E-state index in [1.54, 1.807) is 6.08 Å². The normalized spacial score (nSPS) is 15.7. The zero-order valence-electron chi connectivity index (χ0n) is 14.8. The van der Waals surface area contributed by atoms with Crippen LogP contribution in [0.3, 0.4) is 0 Å². The Labute approximate surface area is 156 Å². The molecule has 2 aromatic rings. The zero-order valence-corrected chi connectivity index (χ0v) is 15.6. The quantitative estimate of drug-likeness (QED) is 0.418. The van der Waals surface area contributed by atoms with E-state index in [1.165, 1.54) is 11.8 Å². The van der Waals surface area contributed by atoms with Crippen molar-refractivity contribution >= 4 is 17.7 Å². The zero-order chi connectivity index (χ0) is 18.5. The molecule has 1 aliphatic rings. The van der Waals surface area contributed by atoms with Gasteiger partial charge in [0.2, 0.25) is 0 Å². The van der Waals surface area contributed by atoms with Crippen LogP contribution in [0.25, 0.3) is 0 Å². The summed E-state index contributed by atoms with van der Waals surface area (Å²) in [6, 6.07) is 7.50. The van der Waals surface area contributed by atoms with E-state index < -0.39 is 0 Å². The number of esters is 1. The Bertz CT molecular complexity index is 790. The summed E-state index contributed by atoms with van der Waals surface area (Å²) in [6.45, 7) is 8.27. The highest BCUT2D eigenvalue weighted by molar-refractivity contribution is 7.99. The first-order valence-corrected chi connectivity index (χ1v) is 9.31. The molecule has 8 heteroatoms. The predicted molar refractivity (Wildman–Crippen MR) is 97.5 cm³/mol. The predicted octanol–water partition coefficient (Wildman–Crippen LogP) is 3.02. The van der Waals surface area contributed by atoms with Gasteiger partial charge < -0.3 is 14.2 Å². The molecule has 0 amide bonds. The van der Waals surface area contributed by atoms with Gasteiger partial charge in [-0.15, -0.1) is 16.8 Å². The minimum atomic E-state index is -0.380. The Hall–Kier alpha value is -2.48. The second kappa shape index (κ2) is 8.27. The molecule has 0 aliphatic carbocycles. The number of rotatable bonds is 7. The lowest BCUT2D eigenvalue weighted by atomic mass is 10.2. The van der Waals surface area contributed by atoms with E-state index in [9.17, 15) is 4.79 Å². The van der Waals surface area contributed by atoms with Crippen LogP contribution in [0.1, 0.15) is 25.8 Å². The van der Waals surface area contributed by atoms with Gasteiger partial charge in [-0.2, -0.15) is 0 Å². The van der Waals surface area contributed by atoms with Gasteiger partial charge in [0, 0.05) is 6.54 Å². The van der Waals surface area contributed by atoms with Crippen LogP contribution in [0.4, 0.5) is 0 Å². The van der Waals surface area contributed by atoms with Gasteiger partial charge in [-0.3, -0.25) is 9.36 Å². The first-order valence-electron chi connectivity index (χ1n) is 8.33. The Morgan fingerprint density at radius 1 is 1.42 bits per heavy atom. The Balaban J connectivity index is 1.75. The average Bonchev–Trinajstić information content (AvgIpc) is 3.02. The van der Waals surface area contributed by atoms with Crippen LogP contribution in [0.15, 0.2) is 42.1 Å². The average molecular weight is 375 g/mol. The van der Waals surface area contributed by atoms with Gasteiger partial charge in [-0.05, 0) is 26.0 Å². The highest BCUT2D eigenvalue weighted by Gasteiger charge is 2.28. The molecule has 0 saturated heterocycles. The maximum Gasteiger partial charge on any atom is 0.316 e. The van der Waals surface area contributed by atoms with Gasteiger partial charge >= 0.3 is 5.97 Å². The van der Waals surface area contributed by atoms with Gasteiger partial charge in [0.05, 0.1) is 11.9 Å². The van der Waals surface area contributed by atoms with Crippen molar-refractivity contribution in [2.24, 2.45) is 0 Å². The van der Waals surface area contributed by atoms with Crippen LogP contribution in [-0.2, 0) is 16.1 Å². The molecule has 0 unspecified atom stereocenters. The lowest BCUT2D eigenvalue weighted by Crippen LogP contribution is -2.25. The molecule has 138 valence electrons. The van der Waals surface area contributed by atoms with Gasteiger partial charge in [-0.1, -0.05) is 30.0 Å². The molecular formula is C18H21N3O4S. The van der Waals surface area contributed by atoms with Crippen molar-refractivity contribution in [3.63, 3.8) is 0 Å². The number of nitrogens with zero attached hydrogens (tertiary/aromatic N) is 3. The van der Waals surface area contributed by atoms with Crippen LogP contribution in [0.5, 0.6) is 11.5 Å². The summed E-state index contributed by atoms with van der Waals surface area (Å²) in [4.78, 5) is 11.8. The molecule has 0 saturated carbocycles. The number of hydrogen-bond acceptors (Lipinski definition) is 7. The molecule has 7 nitrogen and oxygen atoms in total. The number of ether oxygens (including phenoxy) is 3. The number of benzene rings is 1. The Morgan fingerprint density at radius 3 is 2.92 bits per heavy atom. The van der Waals surface area contributed by atoms with Crippen LogP contribution in [0.2, 0.25) is 0 Å². The summed E-state index contributed by atoms with van der Waals surface area (Å²) in [7, 11) is 0. The summed E-state index contributed by atoms with van der Waals surface area (Å²) in [6.07, 6.45) is 1.23. The number of para-hydroxylation sites is 2. The maximum atomic E-state index is 11.8. The number of carbonyl (C=O) groups excluding carboxylic acids is 1. The third-order valence-electron chi connectivity index (χ3n) is 3.54. The molecule has 0 radical (unpaired) electrons. The summed E-state index contributed by atoms with van der Waals surface area (Å²) >= 11 is 1.28. The van der Waals surface area contributed by atoms with Crippen LogP contribution >= 0.6 is 11.8 Å². The van der Waals surface area contributed by atoms with Gasteiger partial charge in [-0.25, -0.2) is 0 Å². The number of thioether (sulfide) groups is 1. The summed E-state index contributed by atoms with van der Waals surface area (Å²) in [5, 5.41) is 9.07. The molecule has 3 rings (SSSR count). The highest BCUT2D eigenvalue weighted by Crippen LogP contribution is 2.36. The Morgan fingerprint density at radius 2 is 2.19 bits per heavy atom. The second-order valence-corrected chi connectivity index (χ2v) is 6.87. The molecule has 1 atom stereocenters. The molecule has 1 aliphatic heterocycles. The molecule has 0 fully saturated rings. The van der Waals surface area contributed by atoms with E-state index in [0.717, 1.165) is 0 Å². The van der Waals surface area contributed by atoms with Crippen molar-refractivity contribution < 1.29 is 19.0 Å². The van der Waals surface area contributed by atoms with Crippen molar-refractivity contribution in [1.82, 2.24) is 14.8 Å². The number of hydrogen-bond donors (Lipinski definition) is 0. The number of fused-ring (bicyclic) bond motifs is 1. The van der Waals surface area contributed by atoms with E-state index >= 15 is 0 Å². The molecular weight excluding hydrogens is 354 g/mol. The van der Waals surface area contributed by atoms with E-state index in [0.29, 0.717) is 35.6 Å². The molecule has 26 heavy (non-hydrogen) atoms. The number of aromatic nitrogens is 3. The van der Waals surface area contributed by atoms with Gasteiger partial charge in [0.15, 0.2) is 28.6 Å². The van der Waals surface area contributed by atoms with Gasteiger partial charge in [0.1, 0.15) is 6.61 Å². The van der Waals surface area contributed by atoms with Crippen molar-refractivity contribution in [2.75, 3.05) is 12.4 Å². The molecule has 1 aromatic carbocycles. The van der Waals surface area contributed by atoms with Crippen LogP contribution in [-0.4, -0.2) is 39.2 Å². The standard InChI is InChI=1S/C18H21N3O4S/c1-4-9-21-17(15-10-23-13-7-5-6-8-14(13)25-15)19-20-18(21)26-11-16(22)24-12(2)3/h4-8,12,15H,1,9-11H2,2-3H3/t15-/m0/s1. The third-order valence-corrected chi connectivity index (χ3v) is 4.48. The largest absolute Gasteiger partial charge is 0.485 e. The summed E-state index contributed by atoms with van der Waals surface area (Å²) in [5.74, 6) is 1.90. The van der Waals surface area contributed by atoms with Crippen molar-refractivity contribution in [1.29, 1.82) is 0 Å². The van der Waals surface area contributed by atoms with E-state index in [4.69, 9.17) is 14.2 Å². The molecule has 0 spiro atoms. The summed E-state index contributed by atoms with van der Waals surface area (Å²) in [5.41, 5.74) is 0. The first-order chi connectivity index (χ1) is 12.6. The monoisotopic (exact) mass is 375 g/mol. The van der Waals surface area contributed by atoms with Crippen molar-refractivity contribution in [2.45, 2.75) is 37.8 Å². The third kappa shape index (κ3) is 4.19. The van der Waals surface area contributed by atoms with Crippen molar-refractivity contribution in [3.8, 4) is 11.5 Å². The minimum Gasteiger partial charge on any atom is -0.485 e. The van der Waals surface area contributed by atoms with Crippen LogP contribution < -0.4 is 9.47 Å². The maximum absolute atomic E-state index is 11.8. The molecule has 1 aromatic heterocycles. The Kier molecular flexibility index (Phi) is 5.82. The van der Waals surface area contributed by atoms with E-state index in [2.05, 4.69) is 16.8 Å². The fourth-order valence-corrected chi connectivity index (χ4v) is 3.25. The molecule has 0 bridgehead atoms. The topological polar surface area (TPSA) is 75.5 Å². The van der Waals surface area contributed by atoms with Crippen molar-refractivity contribution in [3.05, 3.63) is 42.7 Å². The number of allylic oxidation sites excluding steroid dienone is 1. The van der Waals surface area contributed by atoms with Crippen LogP contribution in [0, 0.1) is 0 Å². The SMILES string of the molecule is C=CCn1c(SCC(=O)OC(C)C)nnc1[C@@H]1COc2ccccc2O1. The van der Waals surface area contributed by atoms with E-state index in [-0.39, 0.29) is 23.9 Å². The lowest BCUT2D eigenvalue weighted by Gasteiger charge is -2.26. The smallest absolute Gasteiger partial charge is 0.316 e. The highest BCUT2D eigenvalue weighted by atomic mass is 32.2. The van der Waals surface area contributed by atoms with Gasteiger partial charge in [0.25, 0.3) is 0 Å².